The van der Waals surface area contributed by atoms with Crippen molar-refractivity contribution in [3.8, 4) is 0 Å². The summed E-state index contributed by atoms with van der Waals surface area (Å²) in [5, 5.41) is 0. The third-order valence-electron chi connectivity index (χ3n) is 3.80. The van der Waals surface area contributed by atoms with Gasteiger partial charge in [0.1, 0.15) is 0 Å². The first-order valence-corrected chi connectivity index (χ1v) is 7.79. The number of rotatable bonds is 9. The van der Waals surface area contributed by atoms with Crippen molar-refractivity contribution in [1.82, 2.24) is 0 Å². The van der Waals surface area contributed by atoms with Crippen molar-refractivity contribution in [3.63, 3.8) is 0 Å². The molecular formula is C19H30. The summed E-state index contributed by atoms with van der Waals surface area (Å²) in [5.74, 6) is 0. The molecule has 0 saturated carbocycles. The molecule has 0 aromatic heterocycles. The second-order valence-corrected chi connectivity index (χ2v) is 6.35. The molecule has 0 radical (unpaired) electrons. The van der Waals surface area contributed by atoms with E-state index in [2.05, 4.69) is 57.7 Å². The quantitative estimate of drug-likeness (QED) is 0.379. The minimum Gasteiger partial charge on any atom is -0.103 e. The molecule has 0 nitrogen and oxygen atoms in total. The molecule has 1 aromatic rings. The minimum absolute atomic E-state index is 0.196. The van der Waals surface area contributed by atoms with Gasteiger partial charge in [-0.05, 0) is 35.8 Å². The average molecular weight is 258 g/mol. The van der Waals surface area contributed by atoms with Gasteiger partial charge in [0, 0.05) is 0 Å². The van der Waals surface area contributed by atoms with E-state index in [4.69, 9.17) is 0 Å². The van der Waals surface area contributed by atoms with Crippen LogP contribution < -0.4 is 0 Å². The van der Waals surface area contributed by atoms with E-state index in [-0.39, 0.29) is 5.41 Å². The molecule has 0 saturated heterocycles. The number of allylic oxidation sites excluding steroid dienone is 1. The summed E-state index contributed by atoms with van der Waals surface area (Å²) in [6.45, 7) is 10.7. The first-order valence-electron chi connectivity index (χ1n) is 7.79. The van der Waals surface area contributed by atoms with Crippen LogP contribution in [0.4, 0.5) is 0 Å². The van der Waals surface area contributed by atoms with Gasteiger partial charge in [0.25, 0.3) is 0 Å². The first kappa shape index (κ1) is 16.0. The zero-order chi connectivity index (χ0) is 14.1. The van der Waals surface area contributed by atoms with Crippen LogP contribution in [0, 0.1) is 5.41 Å². The fourth-order valence-corrected chi connectivity index (χ4v) is 2.35. The molecule has 106 valence electrons. The smallest absolute Gasteiger partial charge is 0.0137 e. The zero-order valence-electron chi connectivity index (χ0n) is 13.0. The minimum atomic E-state index is 0.196. The SMILES string of the molecule is C=CC(C)(C)Cc1ccc(CCCCCCC)cc1. The highest BCUT2D eigenvalue weighted by molar-refractivity contribution is 5.24. The zero-order valence-corrected chi connectivity index (χ0v) is 13.0. The van der Waals surface area contributed by atoms with E-state index in [1.54, 1.807) is 0 Å². The lowest BCUT2D eigenvalue weighted by Gasteiger charge is -2.19. The lowest BCUT2D eigenvalue weighted by molar-refractivity contribution is 0.479. The largest absolute Gasteiger partial charge is 0.103 e. The lowest BCUT2D eigenvalue weighted by atomic mass is 9.86. The average Bonchev–Trinajstić information content (AvgIpc) is 2.40. The molecule has 0 amide bonds. The van der Waals surface area contributed by atoms with Gasteiger partial charge in [-0.1, -0.05) is 76.8 Å². The molecule has 0 heteroatoms. The Kier molecular flexibility index (Phi) is 6.91. The summed E-state index contributed by atoms with van der Waals surface area (Å²) in [7, 11) is 0. The van der Waals surface area contributed by atoms with Crippen molar-refractivity contribution in [2.45, 2.75) is 65.7 Å². The fraction of sp³-hybridized carbons (Fsp3) is 0.579. The fourth-order valence-electron chi connectivity index (χ4n) is 2.35. The second kappa shape index (κ2) is 8.19. The molecule has 0 spiro atoms. The van der Waals surface area contributed by atoms with Crippen LogP contribution in [-0.2, 0) is 12.8 Å². The van der Waals surface area contributed by atoms with Gasteiger partial charge < -0.3 is 0 Å². The molecule has 0 N–H and O–H groups in total. The molecule has 1 aromatic carbocycles. The van der Waals surface area contributed by atoms with E-state index in [0.29, 0.717) is 0 Å². The molecule has 0 aliphatic carbocycles. The molecule has 0 aliphatic heterocycles. The normalized spacial score (nSPS) is 11.5. The number of aryl methyl sites for hydroxylation is 1. The van der Waals surface area contributed by atoms with Gasteiger partial charge in [0.2, 0.25) is 0 Å². The predicted octanol–water partition coefficient (Wildman–Crippen LogP) is 5.95. The van der Waals surface area contributed by atoms with Crippen molar-refractivity contribution in [1.29, 1.82) is 0 Å². The van der Waals surface area contributed by atoms with Crippen LogP contribution in [0.5, 0.6) is 0 Å². The van der Waals surface area contributed by atoms with Crippen molar-refractivity contribution in [2.24, 2.45) is 5.41 Å². The molecule has 0 fully saturated rings. The van der Waals surface area contributed by atoms with Gasteiger partial charge in [-0.3, -0.25) is 0 Å². The Bertz CT molecular complexity index is 356. The number of unbranched alkanes of at least 4 members (excludes halogenated alkanes) is 4. The summed E-state index contributed by atoms with van der Waals surface area (Å²) < 4.78 is 0. The summed E-state index contributed by atoms with van der Waals surface area (Å²) in [6, 6.07) is 9.17. The van der Waals surface area contributed by atoms with Gasteiger partial charge in [0.05, 0.1) is 0 Å². The second-order valence-electron chi connectivity index (χ2n) is 6.35. The number of hydrogen-bond donors (Lipinski definition) is 0. The van der Waals surface area contributed by atoms with Crippen LogP contribution in [0.25, 0.3) is 0 Å². The Morgan fingerprint density at radius 2 is 1.53 bits per heavy atom. The molecule has 1 rings (SSSR count). The van der Waals surface area contributed by atoms with E-state index >= 15 is 0 Å². The Balaban J connectivity index is 2.37. The van der Waals surface area contributed by atoms with Gasteiger partial charge in [-0.2, -0.15) is 0 Å². The van der Waals surface area contributed by atoms with Crippen LogP contribution in [0.3, 0.4) is 0 Å². The van der Waals surface area contributed by atoms with Crippen molar-refractivity contribution in [2.75, 3.05) is 0 Å². The van der Waals surface area contributed by atoms with E-state index in [1.165, 1.54) is 49.7 Å². The highest BCUT2D eigenvalue weighted by Crippen LogP contribution is 2.23. The predicted molar refractivity (Wildman–Crippen MR) is 86.6 cm³/mol. The molecule has 19 heavy (non-hydrogen) atoms. The molecule has 0 unspecified atom stereocenters. The van der Waals surface area contributed by atoms with Gasteiger partial charge in [-0.25, -0.2) is 0 Å². The van der Waals surface area contributed by atoms with Gasteiger partial charge >= 0.3 is 0 Å². The van der Waals surface area contributed by atoms with Crippen LogP contribution in [0.1, 0.15) is 64.0 Å². The summed E-state index contributed by atoms with van der Waals surface area (Å²) in [5.41, 5.74) is 3.10. The standard InChI is InChI=1S/C19H30/c1-5-7-8-9-10-11-17-12-14-18(15-13-17)16-19(3,4)6-2/h6,12-15H,2,5,7-11,16H2,1,3-4H3. The molecule has 0 atom stereocenters. The van der Waals surface area contributed by atoms with E-state index in [9.17, 15) is 0 Å². The van der Waals surface area contributed by atoms with Crippen molar-refractivity contribution < 1.29 is 0 Å². The molecule has 0 heterocycles. The summed E-state index contributed by atoms with van der Waals surface area (Å²) in [6.07, 6.45) is 11.2. The van der Waals surface area contributed by atoms with Crippen LogP contribution >= 0.6 is 0 Å². The molecule has 0 bridgehead atoms. The highest BCUT2D eigenvalue weighted by Gasteiger charge is 2.13. The topological polar surface area (TPSA) is 0 Å². The van der Waals surface area contributed by atoms with Gasteiger partial charge in [0.15, 0.2) is 0 Å². The lowest BCUT2D eigenvalue weighted by Crippen LogP contribution is -2.10. The van der Waals surface area contributed by atoms with Crippen LogP contribution in [0.15, 0.2) is 36.9 Å². The molecular weight excluding hydrogens is 228 g/mol. The third-order valence-corrected chi connectivity index (χ3v) is 3.80. The highest BCUT2D eigenvalue weighted by atomic mass is 14.2. The summed E-state index contributed by atoms with van der Waals surface area (Å²) >= 11 is 0. The summed E-state index contributed by atoms with van der Waals surface area (Å²) in [4.78, 5) is 0. The maximum Gasteiger partial charge on any atom is -0.0137 e. The van der Waals surface area contributed by atoms with Crippen LogP contribution in [-0.4, -0.2) is 0 Å². The van der Waals surface area contributed by atoms with Crippen LogP contribution in [0.2, 0.25) is 0 Å². The van der Waals surface area contributed by atoms with Crippen molar-refractivity contribution >= 4 is 0 Å². The van der Waals surface area contributed by atoms with E-state index in [0.717, 1.165) is 6.42 Å². The Morgan fingerprint density at radius 3 is 2.11 bits per heavy atom. The van der Waals surface area contributed by atoms with Crippen molar-refractivity contribution in [3.05, 3.63) is 48.0 Å². The third kappa shape index (κ3) is 6.61. The van der Waals surface area contributed by atoms with E-state index < -0.39 is 0 Å². The number of hydrogen-bond acceptors (Lipinski definition) is 0. The maximum absolute atomic E-state index is 3.91. The molecule has 0 aliphatic rings. The maximum atomic E-state index is 3.91. The monoisotopic (exact) mass is 258 g/mol. The Labute approximate surface area is 119 Å². The Hall–Kier alpha value is -1.04. The number of benzene rings is 1. The van der Waals surface area contributed by atoms with E-state index in [1.807, 2.05) is 0 Å². The first-order chi connectivity index (χ1) is 9.07. The Morgan fingerprint density at radius 1 is 0.947 bits per heavy atom. The van der Waals surface area contributed by atoms with Gasteiger partial charge in [-0.15, -0.1) is 6.58 Å².